The lowest BCUT2D eigenvalue weighted by Crippen LogP contribution is -2.14. The first-order valence-corrected chi connectivity index (χ1v) is 8.19. The zero-order chi connectivity index (χ0) is 18.1. The topological polar surface area (TPSA) is 125 Å². The zero-order valence-corrected chi connectivity index (χ0v) is 14.1. The molecule has 4 rings (SSSR count). The number of aromatic amines is 2. The molecule has 0 radical (unpaired) electrons. The fourth-order valence-corrected chi connectivity index (χ4v) is 2.87. The number of primary amides is 1. The molecule has 1 amide bonds. The molecule has 26 heavy (non-hydrogen) atoms. The fraction of sp³-hybridized carbons (Fsp3) is 0.111. The van der Waals surface area contributed by atoms with Gasteiger partial charge in [-0.15, -0.1) is 0 Å². The third-order valence-corrected chi connectivity index (χ3v) is 4.20. The van der Waals surface area contributed by atoms with Crippen molar-refractivity contribution < 1.29 is 4.79 Å². The van der Waals surface area contributed by atoms with Crippen LogP contribution in [0.5, 0.6) is 0 Å². The highest BCUT2D eigenvalue weighted by atomic mass is 16.1. The summed E-state index contributed by atoms with van der Waals surface area (Å²) in [5.74, 6) is 0.0204. The van der Waals surface area contributed by atoms with Gasteiger partial charge in [0.15, 0.2) is 11.5 Å². The SMILES string of the molecule is CCc1ccccc1Nc1c(C(N)=O)cnc2nc(-c3cnc[nH]3)[nH]c12. The van der Waals surface area contributed by atoms with Crippen LogP contribution in [0.25, 0.3) is 22.7 Å². The van der Waals surface area contributed by atoms with Crippen molar-refractivity contribution in [2.24, 2.45) is 5.73 Å². The summed E-state index contributed by atoms with van der Waals surface area (Å²) >= 11 is 0. The van der Waals surface area contributed by atoms with Gasteiger partial charge in [-0.25, -0.2) is 15.0 Å². The number of imidazole rings is 2. The Labute approximate surface area is 148 Å². The number of aromatic nitrogens is 5. The highest BCUT2D eigenvalue weighted by molar-refractivity contribution is 6.06. The summed E-state index contributed by atoms with van der Waals surface area (Å²) < 4.78 is 0. The maximum atomic E-state index is 11.9. The van der Waals surface area contributed by atoms with Gasteiger partial charge in [0.05, 0.1) is 23.8 Å². The number of hydrogen-bond acceptors (Lipinski definition) is 5. The molecule has 0 bridgehead atoms. The first-order valence-electron chi connectivity index (χ1n) is 8.19. The van der Waals surface area contributed by atoms with Gasteiger partial charge in [-0.2, -0.15) is 0 Å². The lowest BCUT2D eigenvalue weighted by molar-refractivity contribution is 0.100. The van der Waals surface area contributed by atoms with Crippen molar-refractivity contribution in [3.05, 3.63) is 54.1 Å². The summed E-state index contributed by atoms with van der Waals surface area (Å²) in [6.07, 6.45) is 5.53. The molecule has 0 aliphatic carbocycles. The number of nitrogens with two attached hydrogens (primary N) is 1. The number of nitrogens with one attached hydrogen (secondary N) is 3. The van der Waals surface area contributed by atoms with E-state index in [2.05, 4.69) is 37.2 Å². The molecule has 1 aromatic carbocycles. The van der Waals surface area contributed by atoms with Gasteiger partial charge in [0, 0.05) is 11.9 Å². The Bertz CT molecular complexity index is 1080. The third kappa shape index (κ3) is 2.67. The monoisotopic (exact) mass is 347 g/mol. The quantitative estimate of drug-likeness (QED) is 0.442. The minimum atomic E-state index is -0.562. The fourth-order valence-electron chi connectivity index (χ4n) is 2.87. The number of nitrogens with zero attached hydrogens (tertiary/aromatic N) is 3. The van der Waals surface area contributed by atoms with E-state index < -0.39 is 5.91 Å². The van der Waals surface area contributed by atoms with Gasteiger partial charge in [-0.3, -0.25) is 4.79 Å². The molecule has 5 N–H and O–H groups in total. The van der Waals surface area contributed by atoms with Gasteiger partial charge in [0.2, 0.25) is 0 Å². The highest BCUT2D eigenvalue weighted by Gasteiger charge is 2.18. The van der Waals surface area contributed by atoms with Crippen molar-refractivity contribution >= 4 is 28.4 Å². The number of carbonyl (C=O) groups is 1. The summed E-state index contributed by atoms with van der Waals surface area (Å²) in [5, 5.41) is 3.34. The van der Waals surface area contributed by atoms with E-state index in [0.717, 1.165) is 23.4 Å². The number of hydrogen-bond donors (Lipinski definition) is 4. The average Bonchev–Trinajstić information content (AvgIpc) is 3.31. The number of pyridine rings is 1. The largest absolute Gasteiger partial charge is 0.365 e. The molecule has 0 aliphatic heterocycles. The lowest BCUT2D eigenvalue weighted by Gasteiger charge is -2.13. The van der Waals surface area contributed by atoms with Gasteiger partial charge in [-0.1, -0.05) is 25.1 Å². The average molecular weight is 347 g/mol. The number of aryl methyl sites for hydroxylation is 1. The normalized spacial score (nSPS) is 11.0. The van der Waals surface area contributed by atoms with Crippen molar-refractivity contribution in [3.8, 4) is 11.5 Å². The van der Waals surface area contributed by atoms with Crippen LogP contribution in [0.4, 0.5) is 11.4 Å². The van der Waals surface area contributed by atoms with E-state index >= 15 is 0 Å². The Morgan fingerprint density at radius 1 is 1.27 bits per heavy atom. The molecule has 8 nitrogen and oxygen atoms in total. The Hall–Kier alpha value is -3.68. The van der Waals surface area contributed by atoms with Crippen molar-refractivity contribution in [2.45, 2.75) is 13.3 Å². The van der Waals surface area contributed by atoms with Gasteiger partial charge >= 0.3 is 0 Å². The van der Waals surface area contributed by atoms with Crippen molar-refractivity contribution in [1.82, 2.24) is 24.9 Å². The number of fused-ring (bicyclic) bond motifs is 1. The summed E-state index contributed by atoms with van der Waals surface area (Å²) in [7, 11) is 0. The molecule has 130 valence electrons. The van der Waals surface area contributed by atoms with Crippen molar-refractivity contribution in [3.63, 3.8) is 0 Å². The van der Waals surface area contributed by atoms with E-state index in [4.69, 9.17) is 5.73 Å². The number of H-pyrrole nitrogens is 2. The maximum absolute atomic E-state index is 11.9. The van der Waals surface area contributed by atoms with Crippen LogP contribution in [0.2, 0.25) is 0 Å². The number of benzene rings is 1. The predicted octanol–water partition coefficient (Wildman–Crippen LogP) is 2.75. The Balaban J connectivity index is 1.90. The molecule has 8 heteroatoms. The van der Waals surface area contributed by atoms with E-state index in [-0.39, 0.29) is 0 Å². The zero-order valence-electron chi connectivity index (χ0n) is 14.1. The lowest BCUT2D eigenvalue weighted by atomic mass is 10.1. The number of rotatable bonds is 5. The van der Waals surface area contributed by atoms with Gasteiger partial charge in [-0.05, 0) is 18.1 Å². The molecular weight excluding hydrogens is 330 g/mol. The number of anilines is 2. The standard InChI is InChI=1S/C18H17N7O/c1-2-10-5-3-4-6-12(10)23-14-11(16(19)26)7-21-18-15(14)24-17(25-18)13-8-20-9-22-13/h3-9H,2H2,1H3,(H2,19,26)(H,20,22)(H2,21,23,24,25). The maximum Gasteiger partial charge on any atom is 0.252 e. The van der Waals surface area contributed by atoms with E-state index in [0.29, 0.717) is 28.2 Å². The second-order valence-electron chi connectivity index (χ2n) is 5.80. The molecule has 0 saturated carbocycles. The van der Waals surface area contributed by atoms with Gasteiger partial charge in [0.25, 0.3) is 5.91 Å². The number of amides is 1. The molecule has 0 unspecified atom stereocenters. The summed E-state index contributed by atoms with van der Waals surface area (Å²) in [4.78, 5) is 30.9. The summed E-state index contributed by atoms with van der Waals surface area (Å²) in [6, 6.07) is 7.91. The van der Waals surface area contributed by atoms with E-state index in [1.807, 2.05) is 24.3 Å². The van der Waals surface area contributed by atoms with Crippen LogP contribution < -0.4 is 11.1 Å². The van der Waals surface area contributed by atoms with Crippen molar-refractivity contribution in [2.75, 3.05) is 5.32 Å². The van der Waals surface area contributed by atoms with Crippen molar-refractivity contribution in [1.29, 1.82) is 0 Å². The minimum absolute atomic E-state index is 0.295. The van der Waals surface area contributed by atoms with Crippen LogP contribution in [0, 0.1) is 0 Å². The van der Waals surface area contributed by atoms with E-state index in [1.165, 1.54) is 6.20 Å². The second-order valence-corrected chi connectivity index (χ2v) is 5.80. The molecule has 0 fully saturated rings. The summed E-state index contributed by atoms with van der Waals surface area (Å²) in [6.45, 7) is 2.07. The Morgan fingerprint density at radius 3 is 2.85 bits per heavy atom. The smallest absolute Gasteiger partial charge is 0.252 e. The van der Waals surface area contributed by atoms with Crippen LogP contribution in [-0.2, 0) is 6.42 Å². The van der Waals surface area contributed by atoms with Crippen LogP contribution in [0.15, 0.2) is 43.0 Å². The van der Waals surface area contributed by atoms with Crippen LogP contribution >= 0.6 is 0 Å². The molecule has 0 aliphatic rings. The molecule has 0 saturated heterocycles. The molecule has 0 spiro atoms. The summed E-state index contributed by atoms with van der Waals surface area (Å²) in [5.41, 5.74) is 10.3. The molecule has 3 aromatic heterocycles. The third-order valence-electron chi connectivity index (χ3n) is 4.20. The number of para-hydroxylation sites is 1. The molecule has 0 atom stereocenters. The molecule has 4 aromatic rings. The van der Waals surface area contributed by atoms with Gasteiger partial charge in [0.1, 0.15) is 11.2 Å². The Morgan fingerprint density at radius 2 is 2.12 bits per heavy atom. The molecular formula is C18H17N7O. The highest BCUT2D eigenvalue weighted by Crippen LogP contribution is 2.30. The van der Waals surface area contributed by atoms with E-state index in [9.17, 15) is 4.79 Å². The van der Waals surface area contributed by atoms with Gasteiger partial charge < -0.3 is 21.0 Å². The van der Waals surface area contributed by atoms with E-state index in [1.54, 1.807) is 12.5 Å². The first-order chi connectivity index (χ1) is 12.7. The van der Waals surface area contributed by atoms with Crippen LogP contribution in [0.3, 0.4) is 0 Å². The minimum Gasteiger partial charge on any atom is -0.365 e. The first kappa shape index (κ1) is 15.8. The van der Waals surface area contributed by atoms with Crippen LogP contribution in [-0.4, -0.2) is 30.8 Å². The van der Waals surface area contributed by atoms with Crippen LogP contribution in [0.1, 0.15) is 22.8 Å². The second kappa shape index (κ2) is 6.32. The Kier molecular flexibility index (Phi) is 3.85. The number of carbonyl (C=O) groups excluding carboxylic acids is 1. The predicted molar refractivity (Wildman–Crippen MR) is 99.1 cm³/mol. The molecule has 3 heterocycles.